The first-order valence-corrected chi connectivity index (χ1v) is 9.84. The summed E-state index contributed by atoms with van der Waals surface area (Å²) in [5, 5.41) is 0.715. The molecule has 0 unspecified atom stereocenters. The third kappa shape index (κ3) is 3.55. The summed E-state index contributed by atoms with van der Waals surface area (Å²) in [6.45, 7) is 3.89. The zero-order valence-corrected chi connectivity index (χ0v) is 16.2. The van der Waals surface area contributed by atoms with Crippen molar-refractivity contribution in [3.05, 3.63) is 70.5 Å². The monoisotopic (exact) mass is 393 g/mol. The van der Waals surface area contributed by atoms with Crippen LogP contribution in [0.25, 0.3) is 11.4 Å². The van der Waals surface area contributed by atoms with Crippen LogP contribution < -0.4 is 9.47 Å². The standard InChI is InChI=1S/C22H20ClN3O2/c23-18-4-2-16(3-5-18)22-24-12-17-7-8-26(14-19(17)25-22)13-15-1-6-20-21(11-15)28-10-9-27-20/h1-6,11-12H,7-10,13-14H2. The summed E-state index contributed by atoms with van der Waals surface area (Å²) < 4.78 is 11.3. The fourth-order valence-corrected chi connectivity index (χ4v) is 3.80. The van der Waals surface area contributed by atoms with Crippen LogP contribution in [0.15, 0.2) is 48.7 Å². The molecule has 5 nitrogen and oxygen atoms in total. The van der Waals surface area contributed by atoms with Crippen molar-refractivity contribution in [2.75, 3.05) is 19.8 Å². The number of rotatable bonds is 3. The second-order valence-electron chi connectivity index (χ2n) is 7.11. The highest BCUT2D eigenvalue weighted by atomic mass is 35.5. The van der Waals surface area contributed by atoms with Crippen molar-refractivity contribution in [3.63, 3.8) is 0 Å². The van der Waals surface area contributed by atoms with Crippen molar-refractivity contribution in [2.24, 2.45) is 0 Å². The largest absolute Gasteiger partial charge is 0.486 e. The molecule has 0 radical (unpaired) electrons. The lowest BCUT2D eigenvalue weighted by atomic mass is 10.1. The quantitative estimate of drug-likeness (QED) is 0.669. The van der Waals surface area contributed by atoms with Gasteiger partial charge in [-0.25, -0.2) is 9.97 Å². The van der Waals surface area contributed by atoms with Gasteiger partial charge in [0, 0.05) is 36.4 Å². The molecule has 0 aliphatic carbocycles. The Morgan fingerprint density at radius 2 is 1.82 bits per heavy atom. The number of hydrogen-bond acceptors (Lipinski definition) is 5. The van der Waals surface area contributed by atoms with Gasteiger partial charge in [-0.3, -0.25) is 4.90 Å². The number of benzene rings is 2. The van der Waals surface area contributed by atoms with Gasteiger partial charge in [0.15, 0.2) is 17.3 Å². The Kier molecular flexibility index (Phi) is 4.63. The lowest BCUT2D eigenvalue weighted by Crippen LogP contribution is -2.31. The van der Waals surface area contributed by atoms with Gasteiger partial charge in [0.25, 0.3) is 0 Å². The molecule has 0 atom stereocenters. The summed E-state index contributed by atoms with van der Waals surface area (Å²) >= 11 is 5.99. The van der Waals surface area contributed by atoms with Crippen molar-refractivity contribution in [1.82, 2.24) is 14.9 Å². The van der Waals surface area contributed by atoms with Gasteiger partial charge >= 0.3 is 0 Å². The Morgan fingerprint density at radius 3 is 2.68 bits per heavy atom. The smallest absolute Gasteiger partial charge is 0.161 e. The maximum Gasteiger partial charge on any atom is 0.161 e. The van der Waals surface area contributed by atoms with Crippen LogP contribution >= 0.6 is 11.6 Å². The zero-order valence-electron chi connectivity index (χ0n) is 15.4. The van der Waals surface area contributed by atoms with Crippen molar-refractivity contribution in [3.8, 4) is 22.9 Å². The molecular formula is C22H20ClN3O2. The minimum Gasteiger partial charge on any atom is -0.486 e. The van der Waals surface area contributed by atoms with E-state index >= 15 is 0 Å². The molecule has 3 aromatic rings. The van der Waals surface area contributed by atoms with Crippen LogP contribution in [0.5, 0.6) is 11.5 Å². The van der Waals surface area contributed by atoms with Crippen LogP contribution in [0, 0.1) is 0 Å². The predicted molar refractivity (Wildman–Crippen MR) is 108 cm³/mol. The molecule has 0 saturated carbocycles. The van der Waals surface area contributed by atoms with Crippen molar-refractivity contribution in [1.29, 1.82) is 0 Å². The van der Waals surface area contributed by atoms with Crippen LogP contribution in [0.1, 0.15) is 16.8 Å². The van der Waals surface area contributed by atoms with Crippen LogP contribution in [-0.2, 0) is 19.5 Å². The topological polar surface area (TPSA) is 47.5 Å². The normalized spacial score (nSPS) is 15.9. The molecule has 28 heavy (non-hydrogen) atoms. The Hall–Kier alpha value is -2.63. The van der Waals surface area contributed by atoms with E-state index in [1.807, 2.05) is 36.5 Å². The molecule has 1 aromatic heterocycles. The Bertz CT molecular complexity index is 1010. The average Bonchev–Trinajstić information content (AvgIpc) is 2.74. The number of halogens is 1. The number of aromatic nitrogens is 2. The number of nitrogens with zero attached hydrogens (tertiary/aromatic N) is 3. The van der Waals surface area contributed by atoms with Gasteiger partial charge in [-0.2, -0.15) is 0 Å². The maximum absolute atomic E-state index is 5.99. The minimum absolute atomic E-state index is 0.609. The lowest BCUT2D eigenvalue weighted by molar-refractivity contribution is 0.171. The van der Waals surface area contributed by atoms with E-state index in [4.69, 9.17) is 26.1 Å². The van der Waals surface area contributed by atoms with Crippen molar-refractivity contribution >= 4 is 11.6 Å². The van der Waals surface area contributed by atoms with Crippen LogP contribution in [-0.4, -0.2) is 34.6 Å². The van der Waals surface area contributed by atoms with E-state index in [0.29, 0.717) is 18.2 Å². The van der Waals surface area contributed by atoms with E-state index in [0.717, 1.165) is 54.6 Å². The highest BCUT2D eigenvalue weighted by molar-refractivity contribution is 6.30. The number of ether oxygens (including phenoxy) is 2. The second-order valence-corrected chi connectivity index (χ2v) is 7.55. The summed E-state index contributed by atoms with van der Waals surface area (Å²) in [6, 6.07) is 13.9. The molecular weight excluding hydrogens is 374 g/mol. The van der Waals surface area contributed by atoms with Crippen LogP contribution in [0.3, 0.4) is 0 Å². The fraction of sp³-hybridized carbons (Fsp3) is 0.273. The Balaban J connectivity index is 1.34. The van der Waals surface area contributed by atoms with E-state index in [2.05, 4.69) is 22.0 Å². The first kappa shape index (κ1) is 17.5. The zero-order chi connectivity index (χ0) is 18.9. The minimum atomic E-state index is 0.609. The van der Waals surface area contributed by atoms with E-state index in [1.54, 1.807) is 0 Å². The van der Waals surface area contributed by atoms with Crippen LogP contribution in [0.2, 0.25) is 5.02 Å². The average molecular weight is 394 g/mol. The summed E-state index contributed by atoms with van der Waals surface area (Å²) in [4.78, 5) is 11.8. The molecule has 2 aliphatic heterocycles. The molecule has 0 saturated heterocycles. The third-order valence-corrected chi connectivity index (χ3v) is 5.39. The fourth-order valence-electron chi connectivity index (χ4n) is 3.67. The Labute approximate surface area is 168 Å². The third-order valence-electron chi connectivity index (χ3n) is 5.14. The molecule has 3 heterocycles. The van der Waals surface area contributed by atoms with Gasteiger partial charge in [-0.15, -0.1) is 0 Å². The summed E-state index contributed by atoms with van der Waals surface area (Å²) in [6.07, 6.45) is 2.93. The summed E-state index contributed by atoms with van der Waals surface area (Å²) in [5.74, 6) is 2.42. The molecule has 2 aromatic carbocycles. The number of hydrogen-bond donors (Lipinski definition) is 0. The molecule has 6 heteroatoms. The predicted octanol–water partition coefficient (Wildman–Crippen LogP) is 4.13. The first-order chi connectivity index (χ1) is 13.7. The van der Waals surface area contributed by atoms with Crippen molar-refractivity contribution < 1.29 is 9.47 Å². The molecule has 0 amide bonds. The van der Waals surface area contributed by atoms with Gasteiger partial charge in [-0.05, 0) is 53.9 Å². The maximum atomic E-state index is 5.99. The van der Waals surface area contributed by atoms with Gasteiger partial charge in [-0.1, -0.05) is 17.7 Å². The van der Waals surface area contributed by atoms with Gasteiger partial charge in [0.2, 0.25) is 0 Å². The highest BCUT2D eigenvalue weighted by Crippen LogP contribution is 2.31. The molecule has 5 rings (SSSR count). The second kappa shape index (κ2) is 7.41. The van der Waals surface area contributed by atoms with E-state index in [1.165, 1.54) is 11.1 Å². The molecule has 0 bridgehead atoms. The summed E-state index contributed by atoms with van der Waals surface area (Å²) in [5.41, 5.74) is 4.54. The molecule has 142 valence electrons. The SMILES string of the molecule is Clc1ccc(-c2ncc3c(n2)CN(Cc2ccc4c(c2)OCCO4)CC3)cc1. The summed E-state index contributed by atoms with van der Waals surface area (Å²) in [7, 11) is 0. The Morgan fingerprint density at radius 1 is 1.00 bits per heavy atom. The van der Waals surface area contributed by atoms with E-state index < -0.39 is 0 Å². The van der Waals surface area contributed by atoms with Crippen molar-refractivity contribution in [2.45, 2.75) is 19.5 Å². The van der Waals surface area contributed by atoms with Gasteiger partial charge < -0.3 is 9.47 Å². The number of fused-ring (bicyclic) bond motifs is 2. The molecule has 2 aliphatic rings. The molecule has 0 N–H and O–H groups in total. The van der Waals surface area contributed by atoms with Crippen LogP contribution in [0.4, 0.5) is 0 Å². The van der Waals surface area contributed by atoms with E-state index in [-0.39, 0.29) is 0 Å². The highest BCUT2D eigenvalue weighted by Gasteiger charge is 2.20. The van der Waals surface area contributed by atoms with E-state index in [9.17, 15) is 0 Å². The molecule has 0 spiro atoms. The van der Waals surface area contributed by atoms with Gasteiger partial charge in [0.1, 0.15) is 13.2 Å². The molecule has 0 fully saturated rings. The lowest BCUT2D eigenvalue weighted by Gasteiger charge is -2.28. The first-order valence-electron chi connectivity index (χ1n) is 9.46. The van der Waals surface area contributed by atoms with Gasteiger partial charge in [0.05, 0.1) is 5.69 Å².